The fraction of sp³-hybridized carbons (Fsp3) is 0.333. The Morgan fingerprint density at radius 3 is 2.89 bits per heavy atom. The largest absolute Gasteiger partial charge is 0.419 e. The highest BCUT2D eigenvalue weighted by atomic mass is 19.2. The number of aromatic nitrogens is 2. The van der Waals surface area contributed by atoms with Crippen molar-refractivity contribution < 1.29 is 13.2 Å². The number of benzene rings is 1. The SMILES string of the molecule is Fc1cccc(-c2nnc(CNC3CC3)o2)c1F. The summed E-state index contributed by atoms with van der Waals surface area (Å²) < 4.78 is 31.9. The summed E-state index contributed by atoms with van der Waals surface area (Å²) in [6.45, 7) is 0.453. The van der Waals surface area contributed by atoms with Crippen LogP contribution in [0.15, 0.2) is 22.6 Å². The molecule has 0 atom stereocenters. The summed E-state index contributed by atoms with van der Waals surface area (Å²) in [4.78, 5) is 0. The summed E-state index contributed by atoms with van der Waals surface area (Å²) in [7, 11) is 0. The Morgan fingerprint density at radius 2 is 2.11 bits per heavy atom. The maximum atomic E-state index is 13.5. The zero-order valence-electron chi connectivity index (χ0n) is 9.49. The van der Waals surface area contributed by atoms with Gasteiger partial charge in [0.05, 0.1) is 12.1 Å². The van der Waals surface area contributed by atoms with E-state index in [1.54, 1.807) is 0 Å². The van der Waals surface area contributed by atoms with Gasteiger partial charge >= 0.3 is 0 Å². The van der Waals surface area contributed by atoms with Crippen molar-refractivity contribution in [3.63, 3.8) is 0 Å². The summed E-state index contributed by atoms with van der Waals surface area (Å²) in [5.74, 6) is -1.52. The van der Waals surface area contributed by atoms with E-state index in [1.807, 2.05) is 0 Å². The van der Waals surface area contributed by atoms with Crippen LogP contribution in [0, 0.1) is 11.6 Å². The molecule has 0 amide bonds. The first-order chi connectivity index (χ1) is 8.74. The molecule has 18 heavy (non-hydrogen) atoms. The van der Waals surface area contributed by atoms with Crippen LogP contribution in [-0.4, -0.2) is 16.2 Å². The van der Waals surface area contributed by atoms with Gasteiger partial charge in [0.25, 0.3) is 5.89 Å². The molecule has 0 aliphatic heterocycles. The van der Waals surface area contributed by atoms with Crippen LogP contribution >= 0.6 is 0 Å². The van der Waals surface area contributed by atoms with Gasteiger partial charge in [-0.05, 0) is 25.0 Å². The molecule has 3 rings (SSSR count). The molecule has 0 unspecified atom stereocenters. The van der Waals surface area contributed by atoms with Crippen LogP contribution in [0.5, 0.6) is 0 Å². The predicted octanol–water partition coefficient (Wildman–Crippen LogP) is 2.27. The molecule has 1 fully saturated rings. The monoisotopic (exact) mass is 251 g/mol. The van der Waals surface area contributed by atoms with Gasteiger partial charge in [-0.25, -0.2) is 8.78 Å². The average molecular weight is 251 g/mol. The molecule has 1 heterocycles. The van der Waals surface area contributed by atoms with Gasteiger partial charge in [-0.15, -0.1) is 10.2 Å². The molecule has 0 radical (unpaired) electrons. The van der Waals surface area contributed by atoms with Crippen LogP contribution in [0.3, 0.4) is 0 Å². The van der Waals surface area contributed by atoms with E-state index in [1.165, 1.54) is 12.1 Å². The lowest BCUT2D eigenvalue weighted by Gasteiger charge is -1.98. The minimum absolute atomic E-state index is 0.000373. The summed E-state index contributed by atoms with van der Waals surface area (Å²) in [6.07, 6.45) is 2.30. The molecule has 1 N–H and O–H groups in total. The highest BCUT2D eigenvalue weighted by molar-refractivity contribution is 5.53. The summed E-state index contributed by atoms with van der Waals surface area (Å²) in [6, 6.07) is 4.38. The van der Waals surface area contributed by atoms with E-state index in [4.69, 9.17) is 4.42 Å². The van der Waals surface area contributed by atoms with Gasteiger partial charge in [0.15, 0.2) is 11.6 Å². The van der Waals surface area contributed by atoms with Gasteiger partial charge < -0.3 is 9.73 Å². The predicted molar refractivity (Wildman–Crippen MR) is 59.5 cm³/mol. The third-order valence-corrected chi connectivity index (χ3v) is 2.77. The van der Waals surface area contributed by atoms with E-state index in [9.17, 15) is 8.78 Å². The van der Waals surface area contributed by atoms with E-state index < -0.39 is 11.6 Å². The molecular formula is C12H11F2N3O. The van der Waals surface area contributed by atoms with E-state index in [-0.39, 0.29) is 11.5 Å². The molecule has 6 heteroatoms. The van der Waals surface area contributed by atoms with Crippen molar-refractivity contribution in [3.8, 4) is 11.5 Å². The molecule has 1 aliphatic carbocycles. The Hall–Kier alpha value is -1.82. The summed E-state index contributed by atoms with van der Waals surface area (Å²) >= 11 is 0. The number of nitrogens with one attached hydrogen (secondary N) is 1. The molecule has 0 spiro atoms. The first-order valence-electron chi connectivity index (χ1n) is 5.74. The van der Waals surface area contributed by atoms with Gasteiger partial charge in [-0.1, -0.05) is 6.07 Å². The van der Waals surface area contributed by atoms with Crippen LogP contribution < -0.4 is 5.32 Å². The lowest BCUT2D eigenvalue weighted by molar-refractivity contribution is 0.468. The fourth-order valence-corrected chi connectivity index (χ4v) is 1.62. The van der Waals surface area contributed by atoms with E-state index in [2.05, 4.69) is 15.5 Å². The number of halogens is 2. The maximum Gasteiger partial charge on any atom is 0.250 e. The molecular weight excluding hydrogens is 240 g/mol. The Bertz CT molecular complexity index is 566. The maximum absolute atomic E-state index is 13.5. The molecule has 1 aromatic carbocycles. The first kappa shape index (κ1) is 11.3. The molecule has 1 aliphatic rings. The summed E-state index contributed by atoms with van der Waals surface area (Å²) in [5, 5.41) is 10.7. The van der Waals surface area contributed by atoms with Crippen molar-refractivity contribution in [2.75, 3.05) is 0 Å². The lowest BCUT2D eigenvalue weighted by Crippen LogP contribution is -2.15. The Kier molecular flexibility index (Phi) is 2.79. The Morgan fingerprint density at radius 1 is 1.28 bits per heavy atom. The van der Waals surface area contributed by atoms with Crippen molar-refractivity contribution >= 4 is 0 Å². The van der Waals surface area contributed by atoms with Gasteiger partial charge in [0.2, 0.25) is 5.89 Å². The van der Waals surface area contributed by atoms with Gasteiger partial charge in [0.1, 0.15) is 0 Å². The highest BCUT2D eigenvalue weighted by Gasteiger charge is 2.21. The topological polar surface area (TPSA) is 51.0 Å². The molecule has 1 aromatic heterocycles. The van der Waals surface area contributed by atoms with E-state index in [0.717, 1.165) is 18.9 Å². The fourth-order valence-electron chi connectivity index (χ4n) is 1.62. The second-order valence-corrected chi connectivity index (χ2v) is 4.26. The standard InChI is InChI=1S/C12H11F2N3O/c13-9-3-1-2-8(11(9)14)12-17-16-10(18-12)6-15-7-4-5-7/h1-3,7,15H,4-6H2. The summed E-state index contributed by atoms with van der Waals surface area (Å²) in [5.41, 5.74) is -0.0137. The molecule has 4 nitrogen and oxygen atoms in total. The molecule has 1 saturated carbocycles. The average Bonchev–Trinajstić information content (AvgIpc) is 3.08. The van der Waals surface area contributed by atoms with E-state index >= 15 is 0 Å². The van der Waals surface area contributed by atoms with Crippen molar-refractivity contribution in [2.45, 2.75) is 25.4 Å². The van der Waals surface area contributed by atoms with Crippen molar-refractivity contribution in [2.24, 2.45) is 0 Å². The third-order valence-electron chi connectivity index (χ3n) is 2.77. The molecule has 0 bridgehead atoms. The van der Waals surface area contributed by atoms with Crippen molar-refractivity contribution in [1.82, 2.24) is 15.5 Å². The highest BCUT2D eigenvalue weighted by Crippen LogP contribution is 2.23. The second kappa shape index (κ2) is 4.45. The van der Waals surface area contributed by atoms with Gasteiger partial charge in [0, 0.05) is 6.04 Å². The van der Waals surface area contributed by atoms with E-state index in [0.29, 0.717) is 18.5 Å². The van der Waals surface area contributed by atoms with Crippen molar-refractivity contribution in [1.29, 1.82) is 0 Å². The quantitative estimate of drug-likeness (QED) is 0.905. The second-order valence-electron chi connectivity index (χ2n) is 4.26. The van der Waals surface area contributed by atoms with Crippen LogP contribution in [0.2, 0.25) is 0 Å². The lowest BCUT2D eigenvalue weighted by atomic mass is 10.2. The zero-order chi connectivity index (χ0) is 12.5. The smallest absolute Gasteiger partial charge is 0.250 e. The van der Waals surface area contributed by atoms with Crippen molar-refractivity contribution in [3.05, 3.63) is 35.7 Å². The van der Waals surface area contributed by atoms with Crippen LogP contribution in [0.25, 0.3) is 11.5 Å². The third kappa shape index (κ3) is 2.24. The number of rotatable bonds is 4. The number of hydrogen-bond donors (Lipinski definition) is 1. The van der Waals surface area contributed by atoms with Crippen LogP contribution in [0.1, 0.15) is 18.7 Å². The minimum atomic E-state index is -0.970. The molecule has 0 saturated heterocycles. The Balaban J connectivity index is 1.80. The normalized spacial score (nSPS) is 15.0. The molecule has 2 aromatic rings. The van der Waals surface area contributed by atoms with Gasteiger partial charge in [-0.2, -0.15) is 0 Å². The number of hydrogen-bond acceptors (Lipinski definition) is 4. The first-order valence-corrected chi connectivity index (χ1v) is 5.74. The molecule has 94 valence electrons. The van der Waals surface area contributed by atoms with Crippen LogP contribution in [-0.2, 0) is 6.54 Å². The minimum Gasteiger partial charge on any atom is -0.419 e. The zero-order valence-corrected chi connectivity index (χ0v) is 9.49. The van der Waals surface area contributed by atoms with Crippen LogP contribution in [0.4, 0.5) is 8.78 Å². The Labute approximate surface area is 102 Å². The van der Waals surface area contributed by atoms with Gasteiger partial charge in [-0.3, -0.25) is 0 Å². The number of nitrogens with zero attached hydrogens (tertiary/aromatic N) is 2.